The normalized spacial score (nSPS) is 14.6. The van der Waals surface area contributed by atoms with E-state index < -0.39 is 40.0 Å². The van der Waals surface area contributed by atoms with E-state index in [0.717, 1.165) is 44.9 Å². The molecule has 4 N–H and O–H groups in total. The molecule has 0 aromatic heterocycles. The predicted octanol–water partition coefficient (Wildman–Crippen LogP) is 8.37. The van der Waals surface area contributed by atoms with Crippen molar-refractivity contribution in [3.05, 3.63) is 36.5 Å². The molecule has 0 spiro atoms. The zero-order chi connectivity index (χ0) is 32.0. The van der Waals surface area contributed by atoms with Crippen LogP contribution in [0.25, 0.3) is 0 Å². The molecule has 0 aromatic rings. The molecule has 0 saturated heterocycles. The minimum Gasteiger partial charge on any atom is -0.387 e. The Kier molecular flexibility index (Phi) is 28.2. The smallest absolute Gasteiger partial charge is 0.267 e. The number of aliphatic hydroxyl groups excluding tert-OH is 2. The Bertz CT molecular complexity index is 839. The van der Waals surface area contributed by atoms with Crippen LogP contribution in [0, 0.1) is 0 Å². The molecule has 0 saturated carbocycles. The van der Waals surface area contributed by atoms with Crippen LogP contribution in [0.1, 0.15) is 155 Å². The maximum atomic E-state index is 12.5. The number of nitrogens with one attached hydrogen (secondary N) is 1. The van der Waals surface area contributed by atoms with Gasteiger partial charge in [-0.3, -0.25) is 9.35 Å². The number of allylic oxidation sites excluding steroid dienone is 5. The van der Waals surface area contributed by atoms with Crippen molar-refractivity contribution in [2.45, 2.75) is 173 Å². The van der Waals surface area contributed by atoms with Crippen LogP contribution in [-0.4, -0.2) is 53.1 Å². The lowest BCUT2D eigenvalue weighted by atomic mass is 10.1. The van der Waals surface area contributed by atoms with Gasteiger partial charge in [0.2, 0.25) is 5.91 Å². The summed E-state index contributed by atoms with van der Waals surface area (Å²) in [6, 6.07) is -1.25. The second kappa shape index (κ2) is 29.2. The minimum atomic E-state index is -4.45. The van der Waals surface area contributed by atoms with Crippen molar-refractivity contribution in [2.24, 2.45) is 0 Å². The van der Waals surface area contributed by atoms with E-state index in [1.165, 1.54) is 83.1 Å². The lowest BCUT2D eigenvalue weighted by Gasteiger charge is -2.22. The van der Waals surface area contributed by atoms with Crippen LogP contribution in [0.4, 0.5) is 0 Å². The van der Waals surface area contributed by atoms with E-state index in [-0.39, 0.29) is 6.42 Å². The molecule has 0 aliphatic rings. The summed E-state index contributed by atoms with van der Waals surface area (Å²) in [5.41, 5.74) is 0. The van der Waals surface area contributed by atoms with E-state index in [2.05, 4.69) is 43.5 Å². The summed E-state index contributed by atoms with van der Waals surface area (Å²) in [7, 11) is -4.45. The number of hydrogen-bond acceptors (Lipinski definition) is 5. The molecule has 8 heteroatoms. The highest BCUT2D eigenvalue weighted by Gasteiger charge is 2.27. The number of aliphatic hydroxyl groups is 2. The van der Waals surface area contributed by atoms with Gasteiger partial charge in [-0.1, -0.05) is 134 Å². The van der Waals surface area contributed by atoms with E-state index in [0.29, 0.717) is 12.8 Å². The number of hydrogen-bond donors (Lipinski definition) is 4. The highest BCUT2D eigenvalue weighted by Crippen LogP contribution is 2.12. The Morgan fingerprint density at radius 1 is 0.628 bits per heavy atom. The van der Waals surface area contributed by atoms with E-state index in [1.807, 2.05) is 0 Å². The molecule has 0 aliphatic heterocycles. The van der Waals surface area contributed by atoms with Crippen LogP contribution in [0.15, 0.2) is 36.5 Å². The molecular weight excluding hydrogens is 562 g/mol. The molecule has 0 aliphatic carbocycles. The molecule has 0 heterocycles. The highest BCUT2D eigenvalue weighted by molar-refractivity contribution is 7.85. The Labute approximate surface area is 264 Å². The maximum Gasteiger partial charge on any atom is 0.267 e. The van der Waals surface area contributed by atoms with Crippen molar-refractivity contribution in [3.63, 3.8) is 0 Å². The second-order valence-electron chi connectivity index (χ2n) is 11.9. The van der Waals surface area contributed by atoms with Crippen LogP contribution < -0.4 is 5.32 Å². The standard InChI is InChI=1S/C35H65NO6S/c1-3-5-7-9-11-13-15-16-17-18-20-21-23-25-27-29-33(37)32(31-43(40,41)42)36-35(39)34(38)30-28-26-24-22-19-14-12-10-8-6-4-2/h12,14,20-21,27,29,32-34,37-38H,3-11,13,15-19,22-26,28,30-31H2,1-2H3,(H,36,39)(H,40,41,42)/b14-12-,21-20+,29-27+. The first kappa shape index (κ1) is 41.5. The molecule has 0 radical (unpaired) electrons. The van der Waals surface area contributed by atoms with Crippen molar-refractivity contribution in [3.8, 4) is 0 Å². The molecule has 252 valence electrons. The third-order valence-corrected chi connectivity index (χ3v) is 8.43. The quantitative estimate of drug-likeness (QED) is 0.0360. The average molecular weight is 628 g/mol. The van der Waals surface area contributed by atoms with Crippen LogP contribution in [0.2, 0.25) is 0 Å². The number of carbonyl (C=O) groups is 1. The maximum absolute atomic E-state index is 12.5. The highest BCUT2D eigenvalue weighted by atomic mass is 32.2. The van der Waals surface area contributed by atoms with E-state index in [4.69, 9.17) is 0 Å². The van der Waals surface area contributed by atoms with Crippen LogP contribution in [0.5, 0.6) is 0 Å². The fraction of sp³-hybridized carbons (Fsp3) is 0.800. The van der Waals surface area contributed by atoms with Crippen molar-refractivity contribution in [1.29, 1.82) is 0 Å². The van der Waals surface area contributed by atoms with E-state index in [9.17, 15) is 28.0 Å². The lowest BCUT2D eigenvalue weighted by molar-refractivity contribution is -0.130. The number of carbonyl (C=O) groups excluding carboxylic acids is 1. The van der Waals surface area contributed by atoms with Crippen molar-refractivity contribution in [2.75, 3.05) is 5.75 Å². The Morgan fingerprint density at radius 2 is 1.05 bits per heavy atom. The first-order chi connectivity index (χ1) is 20.7. The van der Waals surface area contributed by atoms with Gasteiger partial charge in [0.05, 0.1) is 17.9 Å². The number of rotatable bonds is 30. The van der Waals surface area contributed by atoms with Crippen molar-refractivity contribution < 1.29 is 28.0 Å². The molecule has 0 bridgehead atoms. The van der Waals surface area contributed by atoms with Gasteiger partial charge >= 0.3 is 0 Å². The van der Waals surface area contributed by atoms with E-state index in [1.54, 1.807) is 6.08 Å². The van der Waals surface area contributed by atoms with Crippen LogP contribution in [0.3, 0.4) is 0 Å². The lowest BCUT2D eigenvalue weighted by Crippen LogP contribution is -2.50. The zero-order valence-electron chi connectivity index (χ0n) is 27.4. The van der Waals surface area contributed by atoms with Gasteiger partial charge < -0.3 is 15.5 Å². The summed E-state index contributed by atoms with van der Waals surface area (Å²) < 4.78 is 32.3. The Morgan fingerprint density at radius 3 is 1.58 bits per heavy atom. The molecule has 7 nitrogen and oxygen atoms in total. The summed E-state index contributed by atoms with van der Waals surface area (Å²) in [4.78, 5) is 12.5. The molecule has 1 amide bonds. The van der Waals surface area contributed by atoms with Crippen molar-refractivity contribution in [1.82, 2.24) is 5.32 Å². The van der Waals surface area contributed by atoms with Gasteiger partial charge in [-0.2, -0.15) is 8.42 Å². The topological polar surface area (TPSA) is 124 Å². The second-order valence-corrected chi connectivity index (χ2v) is 13.4. The van der Waals surface area contributed by atoms with E-state index >= 15 is 0 Å². The first-order valence-electron chi connectivity index (χ1n) is 17.3. The molecule has 3 unspecified atom stereocenters. The fourth-order valence-corrected chi connectivity index (χ4v) is 5.67. The van der Waals surface area contributed by atoms with Crippen LogP contribution >= 0.6 is 0 Å². The summed E-state index contributed by atoms with van der Waals surface area (Å²) in [5, 5.41) is 23.2. The zero-order valence-corrected chi connectivity index (χ0v) is 28.3. The van der Waals surface area contributed by atoms with Gasteiger partial charge in [0.25, 0.3) is 10.1 Å². The minimum absolute atomic E-state index is 0.259. The molecule has 0 rings (SSSR count). The SMILES string of the molecule is CCCCC/C=C\CCCCCCC(O)C(=O)NC(CS(=O)(=O)O)C(O)/C=C/CC/C=C/CCCCCCCCCCC. The predicted molar refractivity (Wildman–Crippen MR) is 181 cm³/mol. The van der Waals surface area contributed by atoms with Gasteiger partial charge in [-0.05, 0) is 57.8 Å². The summed E-state index contributed by atoms with van der Waals surface area (Å²) >= 11 is 0. The molecule has 0 fully saturated rings. The van der Waals surface area contributed by atoms with Gasteiger partial charge in [0.1, 0.15) is 6.10 Å². The third-order valence-electron chi connectivity index (χ3n) is 7.65. The monoisotopic (exact) mass is 627 g/mol. The van der Waals surface area contributed by atoms with Gasteiger partial charge in [-0.25, -0.2) is 0 Å². The molecular formula is C35H65NO6S. The van der Waals surface area contributed by atoms with Crippen LogP contribution in [-0.2, 0) is 14.9 Å². The Hall–Kier alpha value is -1.48. The Balaban J connectivity index is 4.25. The summed E-state index contributed by atoms with van der Waals surface area (Å²) in [5.74, 6) is -1.57. The van der Waals surface area contributed by atoms with Gasteiger partial charge in [0, 0.05) is 0 Å². The first-order valence-corrected chi connectivity index (χ1v) is 18.9. The average Bonchev–Trinajstić information content (AvgIpc) is 2.96. The summed E-state index contributed by atoms with van der Waals surface area (Å²) in [6.07, 6.45) is 33.5. The largest absolute Gasteiger partial charge is 0.387 e. The van der Waals surface area contributed by atoms with Crippen molar-refractivity contribution >= 4 is 16.0 Å². The molecule has 0 aromatic carbocycles. The number of unbranched alkanes of at least 4 members (excludes halogenated alkanes) is 17. The summed E-state index contributed by atoms with van der Waals surface area (Å²) in [6.45, 7) is 4.44. The third kappa shape index (κ3) is 29.0. The fourth-order valence-electron chi connectivity index (χ4n) is 4.93. The number of amides is 1. The molecule has 3 atom stereocenters. The van der Waals surface area contributed by atoms with Gasteiger partial charge in [0.15, 0.2) is 0 Å². The molecule has 43 heavy (non-hydrogen) atoms. The van der Waals surface area contributed by atoms with Gasteiger partial charge in [-0.15, -0.1) is 0 Å².